The minimum Gasteiger partial charge on any atom is -0.497 e. The highest BCUT2D eigenvalue weighted by molar-refractivity contribution is 9.10. The van der Waals surface area contributed by atoms with Crippen LogP contribution in [0.1, 0.15) is 20.7 Å². The number of halogens is 2. The Balaban J connectivity index is 2.33. The lowest BCUT2D eigenvalue weighted by Crippen LogP contribution is -2.47. The molecule has 0 saturated heterocycles. The maximum atomic E-state index is 12.7. The van der Waals surface area contributed by atoms with Gasteiger partial charge in [0.25, 0.3) is 0 Å². The summed E-state index contributed by atoms with van der Waals surface area (Å²) in [5, 5.41) is 2.39. The topological polar surface area (TPSA) is 72.5 Å². The smallest absolute Gasteiger partial charge is 0.235 e. The monoisotopic (exact) mass is 423 g/mol. The van der Waals surface area contributed by atoms with E-state index in [1.807, 2.05) is 0 Å². The van der Waals surface area contributed by atoms with Crippen LogP contribution in [-0.4, -0.2) is 36.5 Å². The van der Waals surface area contributed by atoms with Gasteiger partial charge < -0.3 is 10.1 Å². The van der Waals surface area contributed by atoms with Crippen molar-refractivity contribution in [2.75, 3.05) is 13.0 Å². The van der Waals surface area contributed by atoms with Crippen LogP contribution in [-0.2, 0) is 4.79 Å². The van der Waals surface area contributed by atoms with Crippen LogP contribution in [0, 0.1) is 0 Å². The average Bonchev–Trinajstić information content (AvgIpc) is 2.65. The first-order valence-electron chi connectivity index (χ1n) is 7.29. The van der Waals surface area contributed by atoms with Gasteiger partial charge in [-0.25, -0.2) is 0 Å². The van der Waals surface area contributed by atoms with Crippen molar-refractivity contribution in [3.8, 4) is 5.75 Å². The number of carbonyl (C=O) groups is 3. The quantitative estimate of drug-likeness (QED) is 0.421. The van der Waals surface area contributed by atoms with E-state index in [0.717, 1.165) is 4.47 Å². The number of benzene rings is 2. The Hall–Kier alpha value is -2.18. The van der Waals surface area contributed by atoms with Gasteiger partial charge in [0.05, 0.1) is 7.11 Å². The largest absolute Gasteiger partial charge is 0.497 e. The summed E-state index contributed by atoms with van der Waals surface area (Å²) in [6.45, 7) is 0. The first-order chi connectivity index (χ1) is 12.0. The molecule has 0 bridgehead atoms. The summed E-state index contributed by atoms with van der Waals surface area (Å²) in [4.78, 5) is 37.1. The summed E-state index contributed by atoms with van der Waals surface area (Å²) in [7, 11) is 1.51. The summed E-state index contributed by atoms with van der Waals surface area (Å²) < 4.78 is 5.85. The third-order valence-electron chi connectivity index (χ3n) is 3.45. The third kappa shape index (κ3) is 4.90. The molecule has 2 aromatic carbocycles. The van der Waals surface area contributed by atoms with Crippen LogP contribution in [0.4, 0.5) is 0 Å². The van der Waals surface area contributed by atoms with E-state index in [1.54, 1.807) is 36.4 Å². The Morgan fingerprint density at radius 1 is 1.00 bits per heavy atom. The molecule has 1 N–H and O–H groups in total. The van der Waals surface area contributed by atoms with E-state index >= 15 is 0 Å². The Bertz CT molecular complexity index is 775. The van der Waals surface area contributed by atoms with Gasteiger partial charge in [-0.2, -0.15) is 0 Å². The van der Waals surface area contributed by atoms with Crippen LogP contribution in [0.25, 0.3) is 0 Å². The van der Waals surface area contributed by atoms with Gasteiger partial charge >= 0.3 is 0 Å². The molecule has 0 heterocycles. The minimum absolute atomic E-state index is 0.283. The molecule has 5 nitrogen and oxygen atoms in total. The number of alkyl halides is 1. The molecule has 130 valence electrons. The molecule has 0 fully saturated rings. The van der Waals surface area contributed by atoms with Crippen LogP contribution in [0.15, 0.2) is 53.0 Å². The molecule has 0 aliphatic rings. The number of nitrogens with one attached hydrogen (secondary N) is 1. The second-order valence-corrected chi connectivity index (χ2v) is 6.28. The Morgan fingerprint density at radius 2 is 1.48 bits per heavy atom. The molecule has 0 aliphatic heterocycles. The molecule has 25 heavy (non-hydrogen) atoms. The van der Waals surface area contributed by atoms with Crippen molar-refractivity contribution in [1.29, 1.82) is 0 Å². The van der Waals surface area contributed by atoms with Crippen molar-refractivity contribution in [1.82, 2.24) is 5.32 Å². The fourth-order valence-corrected chi connectivity index (χ4v) is 2.49. The third-order valence-corrected chi connectivity index (χ3v) is 4.23. The number of hydrogen-bond acceptors (Lipinski definition) is 4. The van der Waals surface area contributed by atoms with Crippen molar-refractivity contribution >= 4 is 45.0 Å². The zero-order valence-corrected chi connectivity index (χ0v) is 15.6. The van der Waals surface area contributed by atoms with E-state index in [-0.39, 0.29) is 11.4 Å². The summed E-state index contributed by atoms with van der Waals surface area (Å²) in [6.07, 6.45) is 0. The molecule has 0 spiro atoms. The van der Waals surface area contributed by atoms with E-state index in [9.17, 15) is 14.4 Å². The van der Waals surface area contributed by atoms with Crippen molar-refractivity contribution in [3.63, 3.8) is 0 Å². The maximum Gasteiger partial charge on any atom is 0.235 e. The average molecular weight is 425 g/mol. The summed E-state index contributed by atoms with van der Waals surface area (Å²) in [5.41, 5.74) is 0.594. The lowest BCUT2D eigenvalue weighted by atomic mass is 9.96. The molecule has 0 aliphatic carbocycles. The molecular weight excluding hydrogens is 410 g/mol. The molecule has 0 radical (unpaired) electrons. The first-order valence-corrected chi connectivity index (χ1v) is 8.62. The van der Waals surface area contributed by atoms with Gasteiger partial charge in [0.2, 0.25) is 5.91 Å². The molecule has 1 amide bonds. The highest BCUT2D eigenvalue weighted by Crippen LogP contribution is 2.16. The van der Waals surface area contributed by atoms with Gasteiger partial charge in [-0.05, 0) is 36.4 Å². The fraction of sp³-hybridized carbons (Fsp3) is 0.167. The fourth-order valence-electron chi connectivity index (χ4n) is 2.15. The number of Topliss-reactive ketones (excluding diaryl/α,β-unsaturated/α-hetero) is 2. The maximum absolute atomic E-state index is 12.7. The van der Waals surface area contributed by atoms with Crippen LogP contribution in [0.2, 0.25) is 0 Å². The zero-order valence-electron chi connectivity index (χ0n) is 13.3. The highest BCUT2D eigenvalue weighted by atomic mass is 79.9. The molecular formula is C18H15BrClNO4. The molecule has 7 heteroatoms. The summed E-state index contributed by atoms with van der Waals surface area (Å²) in [5.74, 6) is -1.39. The van der Waals surface area contributed by atoms with Crippen LogP contribution in [0.5, 0.6) is 5.75 Å². The number of hydrogen-bond donors (Lipinski definition) is 1. The van der Waals surface area contributed by atoms with Crippen LogP contribution in [0.3, 0.4) is 0 Å². The van der Waals surface area contributed by atoms with Gasteiger partial charge in [0.15, 0.2) is 17.6 Å². The van der Waals surface area contributed by atoms with Crippen LogP contribution < -0.4 is 10.1 Å². The first kappa shape index (κ1) is 19.1. The van der Waals surface area contributed by atoms with Gasteiger partial charge in [-0.3, -0.25) is 14.4 Å². The van der Waals surface area contributed by atoms with E-state index in [1.165, 1.54) is 19.2 Å². The minimum atomic E-state index is -1.35. The Labute approximate surface area is 158 Å². The van der Waals surface area contributed by atoms with E-state index < -0.39 is 23.5 Å². The normalized spacial score (nSPS) is 11.5. The molecule has 2 rings (SSSR count). The van der Waals surface area contributed by atoms with Crippen molar-refractivity contribution in [2.45, 2.75) is 6.04 Å². The molecule has 0 saturated carbocycles. The Kier molecular flexibility index (Phi) is 6.73. The van der Waals surface area contributed by atoms with E-state index in [2.05, 4.69) is 21.2 Å². The number of ketones is 2. The van der Waals surface area contributed by atoms with Gasteiger partial charge in [-0.15, -0.1) is 11.6 Å². The van der Waals surface area contributed by atoms with E-state index in [0.29, 0.717) is 11.3 Å². The second-order valence-electron chi connectivity index (χ2n) is 5.10. The lowest BCUT2D eigenvalue weighted by Gasteiger charge is -2.16. The van der Waals surface area contributed by atoms with Crippen molar-refractivity contribution in [2.24, 2.45) is 0 Å². The van der Waals surface area contributed by atoms with Gasteiger partial charge in [-0.1, -0.05) is 28.1 Å². The predicted molar refractivity (Wildman–Crippen MR) is 98.4 cm³/mol. The van der Waals surface area contributed by atoms with Gasteiger partial charge in [0, 0.05) is 15.6 Å². The molecule has 1 atom stereocenters. The molecule has 0 aromatic heterocycles. The molecule has 2 aromatic rings. The SMILES string of the molecule is COc1ccc(C(=O)C(NC(=O)CCl)C(=O)c2ccc(Br)cc2)cc1. The van der Waals surface area contributed by atoms with Gasteiger partial charge in [0.1, 0.15) is 11.6 Å². The second kappa shape index (κ2) is 8.78. The predicted octanol–water partition coefficient (Wildman–Crippen LogP) is 3.25. The number of ether oxygens (including phenoxy) is 1. The Morgan fingerprint density at radius 3 is 1.92 bits per heavy atom. The summed E-state index contributed by atoms with van der Waals surface area (Å²) >= 11 is 8.79. The number of methoxy groups -OCH3 is 1. The molecule has 1 unspecified atom stereocenters. The number of amides is 1. The van der Waals surface area contributed by atoms with Crippen molar-refractivity contribution in [3.05, 3.63) is 64.1 Å². The van der Waals surface area contributed by atoms with Crippen molar-refractivity contribution < 1.29 is 19.1 Å². The van der Waals surface area contributed by atoms with E-state index in [4.69, 9.17) is 16.3 Å². The zero-order chi connectivity index (χ0) is 18.4. The standard InChI is InChI=1S/C18H15BrClNO4/c1-25-14-8-4-12(5-9-14)18(24)16(21-15(22)10-20)17(23)11-2-6-13(19)7-3-11/h2-9,16H,10H2,1H3,(H,21,22). The number of rotatable bonds is 7. The number of carbonyl (C=O) groups excluding carboxylic acids is 3. The van der Waals surface area contributed by atoms with Crippen LogP contribution >= 0.6 is 27.5 Å². The highest BCUT2D eigenvalue weighted by Gasteiger charge is 2.30. The lowest BCUT2D eigenvalue weighted by molar-refractivity contribution is -0.118. The summed E-state index contributed by atoms with van der Waals surface area (Å²) in [6, 6.07) is 11.5.